The highest BCUT2D eigenvalue weighted by Crippen LogP contribution is 2.13. The highest BCUT2D eigenvalue weighted by Gasteiger charge is 1.84. The molecule has 0 saturated heterocycles. The molecule has 17 heavy (non-hydrogen) atoms. The van der Waals surface area contributed by atoms with Crippen LogP contribution in [0, 0.1) is 0 Å². The molecule has 4 nitrogen and oxygen atoms in total. The van der Waals surface area contributed by atoms with E-state index in [2.05, 4.69) is 0 Å². The molecule has 0 aliphatic rings. The van der Waals surface area contributed by atoms with Gasteiger partial charge in [-0.2, -0.15) is 13.5 Å². The van der Waals surface area contributed by atoms with Gasteiger partial charge in [-0.3, -0.25) is 0 Å². The van der Waals surface area contributed by atoms with E-state index in [1.54, 1.807) is 0 Å². The van der Waals surface area contributed by atoms with Gasteiger partial charge in [-0.25, -0.2) is 0 Å². The number of hydrogen-bond acceptors (Lipinski definition) is 4. The van der Waals surface area contributed by atoms with E-state index in [0.717, 1.165) is 0 Å². The SMILES string of the molecule is Oc1ccc(O)cc1.Oc1ccc(O)cc1.S. The topological polar surface area (TPSA) is 80.9 Å². The van der Waals surface area contributed by atoms with Crippen molar-refractivity contribution >= 4 is 13.5 Å². The third kappa shape index (κ3) is 6.21. The number of aromatic hydroxyl groups is 4. The molecule has 0 fully saturated rings. The first kappa shape index (κ1) is 15.0. The van der Waals surface area contributed by atoms with Gasteiger partial charge >= 0.3 is 0 Å². The number of hydrogen-bond donors (Lipinski definition) is 4. The smallest absolute Gasteiger partial charge is 0.115 e. The maximum Gasteiger partial charge on any atom is 0.115 e. The Labute approximate surface area is 106 Å². The fourth-order valence-corrected chi connectivity index (χ4v) is 0.905. The van der Waals surface area contributed by atoms with E-state index in [-0.39, 0.29) is 36.5 Å². The van der Waals surface area contributed by atoms with Gasteiger partial charge in [0.15, 0.2) is 0 Å². The van der Waals surface area contributed by atoms with Crippen molar-refractivity contribution < 1.29 is 20.4 Å². The predicted molar refractivity (Wildman–Crippen MR) is 69.9 cm³/mol. The van der Waals surface area contributed by atoms with Crippen LogP contribution in [0.4, 0.5) is 0 Å². The van der Waals surface area contributed by atoms with Crippen molar-refractivity contribution in [2.75, 3.05) is 0 Å². The molecule has 2 aromatic carbocycles. The van der Waals surface area contributed by atoms with Crippen LogP contribution >= 0.6 is 13.5 Å². The maximum atomic E-state index is 8.65. The zero-order valence-electron chi connectivity index (χ0n) is 8.91. The molecule has 0 unspecified atom stereocenters. The summed E-state index contributed by atoms with van der Waals surface area (Å²) in [4.78, 5) is 0. The average molecular weight is 254 g/mol. The molecule has 2 aromatic rings. The lowest BCUT2D eigenvalue weighted by Gasteiger charge is -1.88. The summed E-state index contributed by atoms with van der Waals surface area (Å²) in [6.45, 7) is 0. The van der Waals surface area contributed by atoms with Crippen LogP contribution in [0.15, 0.2) is 48.5 Å². The Kier molecular flexibility index (Phi) is 6.43. The first-order chi connectivity index (χ1) is 7.58. The number of benzene rings is 2. The molecule has 0 radical (unpaired) electrons. The molecule has 0 spiro atoms. The van der Waals surface area contributed by atoms with Crippen LogP contribution < -0.4 is 0 Å². The van der Waals surface area contributed by atoms with Gasteiger partial charge in [0.2, 0.25) is 0 Å². The van der Waals surface area contributed by atoms with Crippen LogP contribution in [0.3, 0.4) is 0 Å². The van der Waals surface area contributed by atoms with E-state index in [1.165, 1.54) is 48.5 Å². The van der Waals surface area contributed by atoms with Crippen LogP contribution in [0.5, 0.6) is 23.0 Å². The second kappa shape index (κ2) is 7.29. The van der Waals surface area contributed by atoms with E-state index in [0.29, 0.717) is 0 Å². The largest absolute Gasteiger partial charge is 0.508 e. The third-order valence-corrected chi connectivity index (χ3v) is 1.70. The normalized spacial score (nSPS) is 8.47. The second-order valence-electron chi connectivity index (χ2n) is 3.03. The van der Waals surface area contributed by atoms with Crippen molar-refractivity contribution in [3.05, 3.63) is 48.5 Å². The molecule has 0 bridgehead atoms. The zero-order chi connectivity index (χ0) is 12.0. The van der Waals surface area contributed by atoms with E-state index >= 15 is 0 Å². The van der Waals surface area contributed by atoms with Gasteiger partial charge in [0.1, 0.15) is 23.0 Å². The van der Waals surface area contributed by atoms with Gasteiger partial charge in [-0.15, -0.1) is 0 Å². The summed E-state index contributed by atoms with van der Waals surface area (Å²) < 4.78 is 0. The Morgan fingerprint density at radius 2 is 0.529 bits per heavy atom. The van der Waals surface area contributed by atoms with E-state index in [1.807, 2.05) is 0 Å². The summed E-state index contributed by atoms with van der Waals surface area (Å²) in [6.07, 6.45) is 0. The Morgan fingerprint density at radius 1 is 0.412 bits per heavy atom. The molecule has 2 rings (SSSR count). The Bertz CT molecular complexity index is 340. The van der Waals surface area contributed by atoms with Gasteiger partial charge in [-0.05, 0) is 48.5 Å². The monoisotopic (exact) mass is 254 g/mol. The Hall–Kier alpha value is -2.01. The van der Waals surface area contributed by atoms with Gasteiger partial charge in [0.05, 0.1) is 0 Å². The van der Waals surface area contributed by atoms with Gasteiger partial charge in [0, 0.05) is 0 Å². The van der Waals surface area contributed by atoms with E-state index in [4.69, 9.17) is 20.4 Å². The van der Waals surface area contributed by atoms with Crippen LogP contribution in [0.2, 0.25) is 0 Å². The van der Waals surface area contributed by atoms with Crippen molar-refractivity contribution in [3.63, 3.8) is 0 Å². The fourth-order valence-electron chi connectivity index (χ4n) is 0.905. The van der Waals surface area contributed by atoms with Gasteiger partial charge < -0.3 is 20.4 Å². The molecule has 0 atom stereocenters. The minimum absolute atomic E-state index is 0. The van der Waals surface area contributed by atoms with Crippen molar-refractivity contribution in [1.29, 1.82) is 0 Å². The highest BCUT2D eigenvalue weighted by molar-refractivity contribution is 7.59. The van der Waals surface area contributed by atoms with E-state index < -0.39 is 0 Å². The van der Waals surface area contributed by atoms with Crippen LogP contribution in [0.1, 0.15) is 0 Å². The van der Waals surface area contributed by atoms with Crippen LogP contribution in [-0.2, 0) is 0 Å². The minimum atomic E-state index is 0. The summed E-state index contributed by atoms with van der Waals surface area (Å²) in [5.41, 5.74) is 0. The van der Waals surface area contributed by atoms with Gasteiger partial charge in [-0.1, -0.05) is 0 Å². The molecule has 4 N–H and O–H groups in total. The van der Waals surface area contributed by atoms with Crippen molar-refractivity contribution in [3.8, 4) is 23.0 Å². The molecule has 0 heterocycles. The summed E-state index contributed by atoms with van der Waals surface area (Å²) >= 11 is 0. The summed E-state index contributed by atoms with van der Waals surface area (Å²) in [6, 6.07) is 11.4. The number of phenolic OH excluding ortho intramolecular Hbond substituents is 4. The Morgan fingerprint density at radius 3 is 0.647 bits per heavy atom. The predicted octanol–water partition coefficient (Wildman–Crippen LogP) is 2.31. The van der Waals surface area contributed by atoms with Crippen molar-refractivity contribution in [2.45, 2.75) is 0 Å². The first-order valence-corrected chi connectivity index (χ1v) is 4.54. The molecule has 0 amide bonds. The van der Waals surface area contributed by atoms with Crippen molar-refractivity contribution in [2.24, 2.45) is 0 Å². The standard InChI is InChI=1S/2C6H6O2.H2S/c2*7-5-1-2-6(8)4-3-5;/h2*1-4,7-8H;1H2. The molecule has 0 aliphatic carbocycles. The molecule has 0 aromatic heterocycles. The summed E-state index contributed by atoms with van der Waals surface area (Å²) in [5.74, 6) is 0.677. The lowest BCUT2D eigenvalue weighted by atomic mass is 10.3. The molecular weight excluding hydrogens is 240 g/mol. The summed E-state index contributed by atoms with van der Waals surface area (Å²) in [5, 5.41) is 34.6. The zero-order valence-corrected chi connectivity index (χ0v) is 9.91. The molecule has 0 aliphatic heterocycles. The molecule has 92 valence electrons. The minimum Gasteiger partial charge on any atom is -0.508 e. The first-order valence-electron chi connectivity index (χ1n) is 4.54. The van der Waals surface area contributed by atoms with Gasteiger partial charge in [0.25, 0.3) is 0 Å². The Balaban J connectivity index is 0.000000284. The molecule has 0 saturated carbocycles. The second-order valence-corrected chi connectivity index (χ2v) is 3.03. The maximum absolute atomic E-state index is 8.65. The van der Waals surface area contributed by atoms with E-state index in [9.17, 15) is 0 Å². The average Bonchev–Trinajstić information content (AvgIpc) is 2.28. The quantitative estimate of drug-likeness (QED) is 0.544. The summed E-state index contributed by atoms with van der Waals surface area (Å²) in [7, 11) is 0. The van der Waals surface area contributed by atoms with Crippen LogP contribution in [0.25, 0.3) is 0 Å². The number of phenols is 4. The molecular formula is C12H14O4S. The molecule has 5 heteroatoms. The lowest BCUT2D eigenvalue weighted by molar-refractivity contribution is 0.460. The highest BCUT2D eigenvalue weighted by atomic mass is 32.1. The third-order valence-electron chi connectivity index (χ3n) is 1.70. The fraction of sp³-hybridized carbons (Fsp3) is 0. The van der Waals surface area contributed by atoms with Crippen LogP contribution in [-0.4, -0.2) is 20.4 Å². The number of rotatable bonds is 0. The van der Waals surface area contributed by atoms with Crippen molar-refractivity contribution in [1.82, 2.24) is 0 Å². The lowest BCUT2D eigenvalue weighted by Crippen LogP contribution is -1.61.